The third kappa shape index (κ3) is 5.14. The molecule has 0 aliphatic carbocycles. The zero-order valence-corrected chi connectivity index (χ0v) is 20.7. The molecular formula is C23H24N2O5S3. The number of thioether (sulfide) groups is 1. The van der Waals surface area contributed by atoms with Gasteiger partial charge in [0.1, 0.15) is 5.84 Å². The van der Waals surface area contributed by atoms with Crippen molar-refractivity contribution in [2.75, 3.05) is 6.26 Å². The summed E-state index contributed by atoms with van der Waals surface area (Å²) in [6, 6.07) is 15.9. The Morgan fingerprint density at radius 1 is 1.18 bits per heavy atom. The number of amidine groups is 1. The van der Waals surface area contributed by atoms with E-state index in [4.69, 9.17) is 15.9 Å². The SMILES string of the molecule is CSc1sc(C(=N)N)cc1S(=O)(=O)C(OC(C)C(=O)O)c1cccc(C)c1-c1ccccc1. The molecule has 0 bridgehead atoms. The van der Waals surface area contributed by atoms with Gasteiger partial charge in [0, 0.05) is 5.56 Å². The Labute approximate surface area is 201 Å². The lowest BCUT2D eigenvalue weighted by Gasteiger charge is -2.24. The van der Waals surface area contributed by atoms with Crippen molar-refractivity contribution in [3.63, 3.8) is 0 Å². The number of carboxylic acids is 1. The number of nitrogens with one attached hydrogen (secondary N) is 1. The minimum atomic E-state index is -4.23. The van der Waals surface area contributed by atoms with Gasteiger partial charge in [-0.2, -0.15) is 0 Å². The number of nitrogens with two attached hydrogens (primary N) is 1. The zero-order chi connectivity index (χ0) is 24.3. The molecule has 0 saturated heterocycles. The van der Waals surface area contributed by atoms with Crippen molar-refractivity contribution in [1.82, 2.24) is 0 Å². The van der Waals surface area contributed by atoms with Crippen LogP contribution in [-0.4, -0.2) is 37.7 Å². The predicted molar refractivity (Wildman–Crippen MR) is 132 cm³/mol. The molecule has 0 aliphatic heterocycles. The van der Waals surface area contributed by atoms with Gasteiger partial charge in [-0.3, -0.25) is 5.41 Å². The van der Waals surface area contributed by atoms with Crippen molar-refractivity contribution < 1.29 is 23.1 Å². The van der Waals surface area contributed by atoms with Crippen LogP contribution in [0.15, 0.2) is 63.7 Å². The van der Waals surface area contributed by atoms with E-state index in [9.17, 15) is 18.3 Å². The molecule has 3 rings (SSSR count). The van der Waals surface area contributed by atoms with Gasteiger partial charge in [0.05, 0.1) is 14.0 Å². The van der Waals surface area contributed by atoms with Crippen LogP contribution in [0.1, 0.15) is 28.4 Å². The summed E-state index contributed by atoms with van der Waals surface area (Å²) in [5, 5.41) is 17.2. The molecule has 10 heteroatoms. The van der Waals surface area contributed by atoms with E-state index < -0.39 is 27.3 Å². The van der Waals surface area contributed by atoms with E-state index >= 15 is 0 Å². The molecule has 2 aromatic carbocycles. The third-order valence-corrected chi connectivity index (χ3v) is 9.43. The Bertz CT molecular complexity index is 1290. The van der Waals surface area contributed by atoms with E-state index in [1.165, 1.54) is 24.8 Å². The molecule has 0 saturated carbocycles. The Morgan fingerprint density at radius 2 is 1.85 bits per heavy atom. The minimum Gasteiger partial charge on any atom is -0.479 e. The summed E-state index contributed by atoms with van der Waals surface area (Å²) in [5.74, 6) is -1.52. The quantitative estimate of drug-likeness (QED) is 0.219. The van der Waals surface area contributed by atoms with E-state index in [-0.39, 0.29) is 10.7 Å². The maximum atomic E-state index is 14.0. The van der Waals surface area contributed by atoms with Crippen LogP contribution in [0.5, 0.6) is 0 Å². The largest absolute Gasteiger partial charge is 0.479 e. The molecule has 0 amide bonds. The molecule has 1 aromatic heterocycles. The van der Waals surface area contributed by atoms with Gasteiger partial charge in [0.2, 0.25) is 9.84 Å². The van der Waals surface area contributed by atoms with Gasteiger partial charge in [0.15, 0.2) is 11.5 Å². The lowest BCUT2D eigenvalue weighted by molar-refractivity contribution is -0.150. The average molecular weight is 505 g/mol. The van der Waals surface area contributed by atoms with Gasteiger partial charge in [-0.1, -0.05) is 48.5 Å². The second kappa shape index (κ2) is 10.1. The number of hydrogen-bond acceptors (Lipinski definition) is 7. The average Bonchev–Trinajstić information content (AvgIpc) is 3.23. The fourth-order valence-corrected chi connectivity index (χ4v) is 7.63. The van der Waals surface area contributed by atoms with Crippen LogP contribution >= 0.6 is 23.1 Å². The normalized spacial score (nSPS) is 13.4. The fourth-order valence-electron chi connectivity index (χ4n) is 3.39. The molecule has 0 radical (unpaired) electrons. The Balaban J connectivity index is 2.29. The first-order valence-corrected chi connectivity index (χ1v) is 13.5. The van der Waals surface area contributed by atoms with Crippen molar-refractivity contribution >= 4 is 44.7 Å². The maximum Gasteiger partial charge on any atom is 0.332 e. The molecule has 2 atom stereocenters. The number of ether oxygens (including phenoxy) is 1. The van der Waals surface area contributed by atoms with Crippen LogP contribution in [0.4, 0.5) is 0 Å². The summed E-state index contributed by atoms with van der Waals surface area (Å²) in [6.45, 7) is 3.16. The van der Waals surface area contributed by atoms with E-state index in [1.807, 2.05) is 43.3 Å². The summed E-state index contributed by atoms with van der Waals surface area (Å²) in [7, 11) is -4.23. The van der Waals surface area contributed by atoms with E-state index in [1.54, 1.807) is 18.4 Å². The minimum absolute atomic E-state index is 0.0340. The second-order valence-electron chi connectivity index (χ2n) is 7.28. The zero-order valence-electron chi connectivity index (χ0n) is 18.2. The monoisotopic (exact) mass is 504 g/mol. The van der Waals surface area contributed by atoms with E-state index in [0.717, 1.165) is 22.5 Å². The number of aryl methyl sites for hydroxylation is 1. The highest BCUT2D eigenvalue weighted by Gasteiger charge is 2.37. The van der Waals surface area contributed by atoms with Gasteiger partial charge in [-0.05, 0) is 42.9 Å². The highest BCUT2D eigenvalue weighted by atomic mass is 32.2. The number of sulfone groups is 1. The molecule has 3 aromatic rings. The van der Waals surface area contributed by atoms with Gasteiger partial charge in [0.25, 0.3) is 0 Å². The Kier molecular flexibility index (Phi) is 7.63. The summed E-state index contributed by atoms with van der Waals surface area (Å²) >= 11 is 2.32. The predicted octanol–water partition coefficient (Wildman–Crippen LogP) is 4.69. The molecule has 0 aliphatic rings. The van der Waals surface area contributed by atoms with Crippen LogP contribution in [-0.2, 0) is 19.4 Å². The third-order valence-electron chi connectivity index (χ3n) is 5.00. The van der Waals surface area contributed by atoms with Gasteiger partial charge in [-0.15, -0.1) is 23.1 Å². The standard InChI is InChI=1S/C23H24N2O5S3/c1-13-8-7-11-16(19(13)15-9-5-4-6-10-15)22(30-14(2)21(26)27)33(28,29)18-12-17(20(24)25)32-23(18)31-3/h4-12,14,22H,1-3H3,(H3,24,25)(H,26,27). The number of thiophene rings is 1. The topological polar surface area (TPSA) is 131 Å². The van der Waals surface area contributed by atoms with Crippen LogP contribution in [0.3, 0.4) is 0 Å². The van der Waals surface area contributed by atoms with Crippen molar-refractivity contribution in [3.8, 4) is 11.1 Å². The van der Waals surface area contributed by atoms with Crippen molar-refractivity contribution in [2.45, 2.75) is 34.5 Å². The molecule has 174 valence electrons. The van der Waals surface area contributed by atoms with Crippen molar-refractivity contribution in [3.05, 3.63) is 70.6 Å². The number of hydrogen-bond donors (Lipinski definition) is 3. The molecule has 4 N–H and O–H groups in total. The van der Waals surface area contributed by atoms with Gasteiger partial charge in [-0.25, -0.2) is 13.2 Å². The van der Waals surface area contributed by atoms with Crippen molar-refractivity contribution in [2.24, 2.45) is 5.73 Å². The number of nitrogen functional groups attached to an aromatic ring is 1. The summed E-state index contributed by atoms with van der Waals surface area (Å²) in [5.41, 5.74) is 6.64. The van der Waals surface area contributed by atoms with Crippen LogP contribution < -0.4 is 5.73 Å². The van der Waals surface area contributed by atoms with Crippen molar-refractivity contribution in [1.29, 1.82) is 5.41 Å². The van der Waals surface area contributed by atoms with E-state index in [0.29, 0.717) is 20.2 Å². The first-order chi connectivity index (χ1) is 15.6. The first kappa shape index (κ1) is 25.0. The number of rotatable bonds is 9. The summed E-state index contributed by atoms with van der Waals surface area (Å²) in [6.07, 6.45) is 0.351. The van der Waals surface area contributed by atoms with Crippen LogP contribution in [0, 0.1) is 12.3 Å². The van der Waals surface area contributed by atoms with Crippen LogP contribution in [0.2, 0.25) is 0 Å². The smallest absolute Gasteiger partial charge is 0.332 e. The van der Waals surface area contributed by atoms with Crippen LogP contribution in [0.25, 0.3) is 11.1 Å². The molecule has 2 unspecified atom stereocenters. The Morgan fingerprint density at radius 3 is 2.42 bits per heavy atom. The fraction of sp³-hybridized carbons (Fsp3) is 0.217. The molecule has 1 heterocycles. The molecule has 0 fully saturated rings. The lowest BCUT2D eigenvalue weighted by atomic mass is 9.95. The number of carbonyl (C=O) groups is 1. The molecule has 7 nitrogen and oxygen atoms in total. The Hall–Kier alpha value is -2.66. The number of carboxylic acid groups (broad SMARTS) is 1. The molecular weight excluding hydrogens is 480 g/mol. The molecule has 33 heavy (non-hydrogen) atoms. The summed E-state index contributed by atoms with van der Waals surface area (Å²) in [4.78, 5) is 11.9. The number of benzene rings is 2. The second-order valence-corrected chi connectivity index (χ2v) is 11.4. The number of aliphatic carboxylic acids is 1. The molecule has 0 spiro atoms. The van der Waals surface area contributed by atoms with Gasteiger partial charge >= 0.3 is 5.97 Å². The summed E-state index contributed by atoms with van der Waals surface area (Å²) < 4.78 is 34.1. The highest BCUT2D eigenvalue weighted by molar-refractivity contribution is 8.01. The first-order valence-electron chi connectivity index (χ1n) is 9.87. The lowest BCUT2D eigenvalue weighted by Crippen LogP contribution is -2.27. The maximum absolute atomic E-state index is 14.0. The van der Waals surface area contributed by atoms with E-state index in [2.05, 4.69) is 0 Å². The van der Waals surface area contributed by atoms with Gasteiger partial charge < -0.3 is 15.6 Å². The highest BCUT2D eigenvalue weighted by Crippen LogP contribution is 2.43.